The number of nitrogens with zero attached hydrogens (tertiary/aromatic N) is 1. The zero-order valence-electron chi connectivity index (χ0n) is 8.56. The molecule has 2 N–H and O–H groups in total. The van der Waals surface area contributed by atoms with Crippen LogP contribution >= 0.6 is 0 Å². The molecule has 1 unspecified atom stereocenters. The molecule has 0 aromatic carbocycles. The van der Waals surface area contributed by atoms with Gasteiger partial charge in [0.2, 0.25) is 0 Å². The number of carboxylic acid groups (broad SMARTS) is 1. The van der Waals surface area contributed by atoms with Crippen LogP contribution in [0.5, 0.6) is 0 Å². The second-order valence-electron chi connectivity index (χ2n) is 3.59. The van der Waals surface area contributed by atoms with Gasteiger partial charge in [-0.15, -0.1) is 0 Å². The van der Waals surface area contributed by atoms with Crippen LogP contribution in [0.2, 0.25) is 0 Å². The quantitative estimate of drug-likeness (QED) is 0.741. The number of aromatic carboxylic acids is 1. The Balaban J connectivity index is 2.24. The van der Waals surface area contributed by atoms with Crippen molar-refractivity contribution >= 4 is 5.97 Å². The van der Waals surface area contributed by atoms with Gasteiger partial charge in [0.25, 0.3) is 0 Å². The van der Waals surface area contributed by atoms with Gasteiger partial charge in [-0.05, 0) is 12.1 Å². The summed E-state index contributed by atoms with van der Waals surface area (Å²) in [5, 5.41) is 12.2. The van der Waals surface area contributed by atoms with Crippen LogP contribution in [0.25, 0.3) is 0 Å². The van der Waals surface area contributed by atoms with Gasteiger partial charge in [0, 0.05) is 19.3 Å². The maximum absolute atomic E-state index is 10.8. The van der Waals surface area contributed by atoms with E-state index in [0.717, 1.165) is 12.2 Å². The first kappa shape index (κ1) is 10.2. The molecule has 1 saturated heterocycles. The minimum absolute atomic E-state index is 0.0943. The van der Waals surface area contributed by atoms with Crippen LogP contribution in [0, 0.1) is 0 Å². The van der Waals surface area contributed by atoms with Gasteiger partial charge < -0.3 is 19.7 Å². The van der Waals surface area contributed by atoms with Gasteiger partial charge in [-0.1, -0.05) is 0 Å². The third-order valence-corrected chi connectivity index (χ3v) is 2.66. The Morgan fingerprint density at radius 2 is 2.47 bits per heavy atom. The Kier molecular flexibility index (Phi) is 2.75. The highest BCUT2D eigenvalue weighted by Gasteiger charge is 2.20. The number of rotatable bonds is 2. The molecule has 1 aliphatic rings. The minimum atomic E-state index is -0.902. The lowest BCUT2D eigenvalue weighted by atomic mass is 10.2. The summed E-state index contributed by atoms with van der Waals surface area (Å²) in [6.07, 6.45) is 0. The highest BCUT2D eigenvalue weighted by atomic mass is 16.5. The molecule has 1 aliphatic heterocycles. The summed E-state index contributed by atoms with van der Waals surface area (Å²) < 4.78 is 7.03. The van der Waals surface area contributed by atoms with E-state index in [-0.39, 0.29) is 6.04 Å². The molecule has 1 atom stereocenters. The predicted octanol–water partition coefficient (Wildman–Crippen LogP) is 0.384. The number of nitrogens with one attached hydrogen (secondary N) is 1. The monoisotopic (exact) mass is 210 g/mol. The predicted molar refractivity (Wildman–Crippen MR) is 53.9 cm³/mol. The zero-order valence-corrected chi connectivity index (χ0v) is 8.56. The number of hydrogen-bond acceptors (Lipinski definition) is 3. The van der Waals surface area contributed by atoms with E-state index in [0.29, 0.717) is 18.9 Å². The van der Waals surface area contributed by atoms with E-state index in [1.54, 1.807) is 17.7 Å². The molecule has 0 saturated carbocycles. The highest BCUT2D eigenvalue weighted by Crippen LogP contribution is 2.18. The summed E-state index contributed by atoms with van der Waals surface area (Å²) in [6, 6.07) is 3.54. The average Bonchev–Trinajstić information content (AvgIpc) is 2.61. The fourth-order valence-electron chi connectivity index (χ4n) is 1.85. The van der Waals surface area contributed by atoms with Crippen molar-refractivity contribution < 1.29 is 14.6 Å². The van der Waals surface area contributed by atoms with Crippen LogP contribution in [0.3, 0.4) is 0 Å². The van der Waals surface area contributed by atoms with Gasteiger partial charge in [0.1, 0.15) is 5.69 Å². The van der Waals surface area contributed by atoms with Crippen molar-refractivity contribution in [2.24, 2.45) is 7.05 Å². The summed E-state index contributed by atoms with van der Waals surface area (Å²) in [6.45, 7) is 2.11. The van der Waals surface area contributed by atoms with E-state index in [2.05, 4.69) is 5.32 Å². The van der Waals surface area contributed by atoms with E-state index in [4.69, 9.17) is 9.84 Å². The van der Waals surface area contributed by atoms with Crippen molar-refractivity contribution in [2.75, 3.05) is 19.8 Å². The van der Waals surface area contributed by atoms with E-state index < -0.39 is 5.97 Å². The molecule has 5 heteroatoms. The van der Waals surface area contributed by atoms with Gasteiger partial charge in [-0.25, -0.2) is 4.79 Å². The summed E-state index contributed by atoms with van der Waals surface area (Å²) >= 11 is 0. The van der Waals surface area contributed by atoms with Crippen molar-refractivity contribution in [3.8, 4) is 0 Å². The lowest BCUT2D eigenvalue weighted by molar-refractivity contribution is 0.0676. The van der Waals surface area contributed by atoms with Crippen LogP contribution in [-0.2, 0) is 11.8 Å². The molecule has 5 nitrogen and oxygen atoms in total. The van der Waals surface area contributed by atoms with Crippen molar-refractivity contribution in [3.63, 3.8) is 0 Å². The Labute approximate surface area is 87.7 Å². The summed E-state index contributed by atoms with van der Waals surface area (Å²) in [5.74, 6) is -0.902. The van der Waals surface area contributed by atoms with Crippen LogP contribution in [0.4, 0.5) is 0 Å². The van der Waals surface area contributed by atoms with Crippen LogP contribution in [0.1, 0.15) is 22.2 Å². The summed E-state index contributed by atoms with van der Waals surface area (Å²) in [4.78, 5) is 10.8. The van der Waals surface area contributed by atoms with Crippen molar-refractivity contribution in [3.05, 3.63) is 23.5 Å². The maximum atomic E-state index is 10.8. The fourth-order valence-corrected chi connectivity index (χ4v) is 1.85. The summed E-state index contributed by atoms with van der Waals surface area (Å²) in [7, 11) is 1.76. The number of aromatic nitrogens is 1. The molecule has 15 heavy (non-hydrogen) atoms. The zero-order chi connectivity index (χ0) is 10.8. The Bertz CT molecular complexity index is 367. The van der Waals surface area contributed by atoms with E-state index in [9.17, 15) is 4.79 Å². The molecule has 2 rings (SSSR count). The first-order chi connectivity index (χ1) is 7.20. The number of ether oxygens (including phenoxy) is 1. The van der Waals surface area contributed by atoms with Crippen molar-refractivity contribution in [2.45, 2.75) is 6.04 Å². The van der Waals surface area contributed by atoms with Gasteiger partial charge in [-0.2, -0.15) is 0 Å². The van der Waals surface area contributed by atoms with Crippen LogP contribution in [0.15, 0.2) is 12.1 Å². The number of morpholine rings is 1. The van der Waals surface area contributed by atoms with Crippen molar-refractivity contribution in [1.82, 2.24) is 9.88 Å². The normalized spacial score (nSPS) is 21.5. The van der Waals surface area contributed by atoms with E-state index >= 15 is 0 Å². The smallest absolute Gasteiger partial charge is 0.352 e. The van der Waals surface area contributed by atoms with Gasteiger partial charge >= 0.3 is 5.97 Å². The number of hydrogen-bond donors (Lipinski definition) is 2. The standard InChI is InChI=1S/C10H14N2O3/c1-12-8(2-3-9(12)10(13)14)7-6-15-5-4-11-7/h2-3,7,11H,4-6H2,1H3,(H,13,14). The molecular formula is C10H14N2O3. The molecule has 1 aromatic rings. The molecule has 0 aliphatic carbocycles. The van der Waals surface area contributed by atoms with E-state index in [1.165, 1.54) is 0 Å². The molecule has 2 heterocycles. The average molecular weight is 210 g/mol. The lowest BCUT2D eigenvalue weighted by Gasteiger charge is -2.24. The molecule has 0 spiro atoms. The Morgan fingerprint density at radius 1 is 1.67 bits per heavy atom. The molecule has 0 bridgehead atoms. The lowest BCUT2D eigenvalue weighted by Crippen LogP contribution is -2.35. The molecular weight excluding hydrogens is 196 g/mol. The highest BCUT2D eigenvalue weighted by molar-refractivity contribution is 5.86. The second kappa shape index (κ2) is 4.04. The first-order valence-electron chi connectivity index (χ1n) is 4.90. The number of carbonyl (C=O) groups is 1. The Hall–Kier alpha value is -1.33. The Morgan fingerprint density at radius 3 is 3.00 bits per heavy atom. The van der Waals surface area contributed by atoms with Crippen LogP contribution < -0.4 is 5.32 Å². The summed E-state index contributed by atoms with van der Waals surface area (Å²) in [5.41, 5.74) is 1.25. The number of carboxylic acids is 1. The topological polar surface area (TPSA) is 63.5 Å². The third-order valence-electron chi connectivity index (χ3n) is 2.66. The molecule has 0 amide bonds. The van der Waals surface area contributed by atoms with Gasteiger partial charge in [0.15, 0.2) is 0 Å². The third kappa shape index (κ3) is 1.88. The first-order valence-corrected chi connectivity index (χ1v) is 4.90. The fraction of sp³-hybridized carbons (Fsp3) is 0.500. The maximum Gasteiger partial charge on any atom is 0.352 e. The van der Waals surface area contributed by atoms with Gasteiger partial charge in [0.05, 0.1) is 19.3 Å². The molecule has 0 radical (unpaired) electrons. The van der Waals surface area contributed by atoms with Gasteiger partial charge in [-0.3, -0.25) is 0 Å². The minimum Gasteiger partial charge on any atom is -0.477 e. The molecule has 82 valence electrons. The van der Waals surface area contributed by atoms with Crippen LogP contribution in [-0.4, -0.2) is 35.4 Å². The largest absolute Gasteiger partial charge is 0.477 e. The van der Waals surface area contributed by atoms with Crippen molar-refractivity contribution in [1.29, 1.82) is 0 Å². The van der Waals surface area contributed by atoms with E-state index in [1.807, 2.05) is 6.07 Å². The second-order valence-corrected chi connectivity index (χ2v) is 3.59. The molecule has 1 fully saturated rings. The molecule has 1 aromatic heterocycles. The SMILES string of the molecule is Cn1c(C(=O)O)ccc1C1COCCN1.